The van der Waals surface area contributed by atoms with Crippen LogP contribution in [0.3, 0.4) is 0 Å². The van der Waals surface area contributed by atoms with Gasteiger partial charge in [0.15, 0.2) is 0 Å². The second-order valence-corrected chi connectivity index (χ2v) is 11.5. The van der Waals surface area contributed by atoms with Crippen LogP contribution in [0.4, 0.5) is 0 Å². The van der Waals surface area contributed by atoms with Gasteiger partial charge in [-0.1, -0.05) is 60.7 Å². The van der Waals surface area contributed by atoms with Crippen molar-refractivity contribution in [2.45, 2.75) is 44.9 Å². The molecule has 2 heterocycles. The molecule has 2 saturated heterocycles. The summed E-state index contributed by atoms with van der Waals surface area (Å²) in [4.78, 5) is 25.5. The first-order chi connectivity index (χ1) is 18.8. The molecule has 2 fully saturated rings. The lowest BCUT2D eigenvalue weighted by molar-refractivity contribution is -0.906. The third-order valence-electron chi connectivity index (χ3n) is 8.33. The lowest BCUT2D eigenvalue weighted by atomic mass is 9.95. The highest BCUT2D eigenvalue weighted by molar-refractivity contribution is 5.79. The molecule has 0 aromatic heterocycles. The Hall–Kier alpha value is -2.78. The van der Waals surface area contributed by atoms with Gasteiger partial charge in [-0.2, -0.15) is 0 Å². The number of quaternary nitrogens is 2. The van der Waals surface area contributed by atoms with Crippen LogP contribution in [0.5, 0.6) is 0 Å². The summed E-state index contributed by atoms with van der Waals surface area (Å²) in [6.45, 7) is 3.39. The monoisotopic (exact) mass is 536 g/mol. The van der Waals surface area contributed by atoms with Crippen molar-refractivity contribution < 1.29 is 18.9 Å². The van der Waals surface area contributed by atoms with Crippen molar-refractivity contribution in [3.8, 4) is 0 Å². The van der Waals surface area contributed by atoms with Crippen molar-refractivity contribution in [3.05, 3.63) is 82.2 Å². The maximum atomic E-state index is 13.5. The van der Waals surface area contributed by atoms with Crippen LogP contribution in [0.1, 0.15) is 43.2 Å². The van der Waals surface area contributed by atoms with Gasteiger partial charge in [0.2, 0.25) is 11.8 Å². The standard InChI is InChI=1S/C31H44N4O4/c36-30(32-18-16-26-10-3-1-4-11-26)28-14-7-20-34(38,24-28)22-9-23-35(39)21-8-15-29(25-35)31(37)33-19-17-27-12-5-2-6-13-27/h1-6,10-13,28-29H,7-9,14-25H2,(H,32,36)(H,33,37)/t28-,29-,34?,35?/m1/s1. The van der Waals surface area contributed by atoms with Gasteiger partial charge in [0.1, 0.15) is 0 Å². The number of amides is 2. The fourth-order valence-electron chi connectivity index (χ4n) is 6.14. The normalized spacial score (nSPS) is 27.0. The van der Waals surface area contributed by atoms with Gasteiger partial charge in [0, 0.05) is 19.5 Å². The quantitative estimate of drug-likeness (QED) is 0.320. The zero-order valence-corrected chi connectivity index (χ0v) is 23.1. The topological polar surface area (TPSA) is 104 Å². The number of hydroxylamine groups is 6. The van der Waals surface area contributed by atoms with Crippen LogP contribution in [-0.2, 0) is 22.4 Å². The third kappa shape index (κ3) is 9.14. The van der Waals surface area contributed by atoms with Crippen molar-refractivity contribution in [2.75, 3.05) is 52.4 Å². The largest absolute Gasteiger partial charge is 0.633 e. The summed E-state index contributed by atoms with van der Waals surface area (Å²) in [6.07, 6.45) is 4.98. The van der Waals surface area contributed by atoms with E-state index in [1.165, 1.54) is 11.1 Å². The zero-order chi connectivity index (χ0) is 27.6. The Kier molecular flexibility index (Phi) is 10.5. The number of hydrogen-bond acceptors (Lipinski definition) is 4. The molecule has 2 aliphatic rings. The van der Waals surface area contributed by atoms with Crippen molar-refractivity contribution in [3.63, 3.8) is 0 Å². The minimum absolute atomic E-state index is 0.0338. The Labute approximate surface area is 232 Å². The number of carbonyl (C=O) groups is 2. The van der Waals surface area contributed by atoms with Crippen LogP contribution in [0.2, 0.25) is 0 Å². The predicted octanol–water partition coefficient (Wildman–Crippen LogP) is 3.54. The molecule has 2 aromatic carbocycles. The van der Waals surface area contributed by atoms with Gasteiger partial charge >= 0.3 is 0 Å². The molecule has 39 heavy (non-hydrogen) atoms. The smallest absolute Gasteiger partial charge is 0.228 e. The van der Waals surface area contributed by atoms with E-state index >= 15 is 0 Å². The lowest BCUT2D eigenvalue weighted by Crippen LogP contribution is -2.56. The molecule has 0 saturated carbocycles. The van der Waals surface area contributed by atoms with Gasteiger partial charge in [-0.05, 0) is 49.7 Å². The lowest BCUT2D eigenvalue weighted by Gasteiger charge is -2.50. The molecule has 0 bridgehead atoms. The van der Waals surface area contributed by atoms with Gasteiger partial charge in [-0.15, -0.1) is 0 Å². The second kappa shape index (κ2) is 14.0. The number of carbonyl (C=O) groups excluding carboxylic acids is 2. The van der Waals surface area contributed by atoms with Crippen LogP contribution in [0.25, 0.3) is 0 Å². The van der Waals surface area contributed by atoms with Gasteiger partial charge in [-0.3, -0.25) is 9.59 Å². The van der Waals surface area contributed by atoms with E-state index in [0.29, 0.717) is 45.7 Å². The Morgan fingerprint density at radius 1 is 0.692 bits per heavy atom. The Morgan fingerprint density at radius 2 is 1.10 bits per heavy atom. The number of piperidine rings is 2. The summed E-state index contributed by atoms with van der Waals surface area (Å²) >= 11 is 0. The molecule has 8 heteroatoms. The molecule has 0 spiro atoms. The van der Waals surface area contributed by atoms with Crippen molar-refractivity contribution in [1.82, 2.24) is 10.6 Å². The molecule has 0 aliphatic carbocycles. The van der Waals surface area contributed by atoms with Crippen LogP contribution in [0.15, 0.2) is 60.7 Å². The summed E-state index contributed by atoms with van der Waals surface area (Å²) in [7, 11) is 0. The van der Waals surface area contributed by atoms with Crippen molar-refractivity contribution >= 4 is 11.8 Å². The number of hydrogen-bond donors (Lipinski definition) is 2. The molecule has 2 aliphatic heterocycles. The SMILES string of the molecule is O=C(NCCc1ccccc1)[C@@H]1CCC[N+]([O-])(CCC[N+]2([O-])CCC[C@@H](C(=O)NCCc3ccccc3)C2)C1. The number of nitrogens with zero attached hydrogens (tertiary/aromatic N) is 2. The zero-order valence-electron chi connectivity index (χ0n) is 23.1. The van der Waals surface area contributed by atoms with E-state index in [1.54, 1.807) is 0 Å². The summed E-state index contributed by atoms with van der Waals surface area (Å²) in [5.41, 5.74) is 2.35. The Morgan fingerprint density at radius 3 is 1.51 bits per heavy atom. The molecule has 2 unspecified atom stereocenters. The fraction of sp³-hybridized carbons (Fsp3) is 0.548. The number of nitrogens with one attached hydrogen (secondary N) is 2. The number of likely N-dealkylation sites (tertiary alicyclic amines) is 2. The minimum atomic E-state index is -0.403. The summed E-state index contributed by atoms with van der Waals surface area (Å²) < 4.78 is -0.805. The number of benzene rings is 2. The van der Waals surface area contributed by atoms with Crippen LogP contribution in [-0.4, -0.2) is 73.5 Å². The van der Waals surface area contributed by atoms with Gasteiger partial charge in [0.25, 0.3) is 0 Å². The molecular formula is C31H44N4O4. The summed E-state index contributed by atoms with van der Waals surface area (Å²) in [5, 5.41) is 33.0. The minimum Gasteiger partial charge on any atom is -0.633 e. The molecule has 0 radical (unpaired) electrons. The summed E-state index contributed by atoms with van der Waals surface area (Å²) in [6, 6.07) is 20.1. The highest BCUT2D eigenvalue weighted by Gasteiger charge is 2.35. The predicted molar refractivity (Wildman–Crippen MR) is 153 cm³/mol. The average Bonchev–Trinajstić information content (AvgIpc) is 2.94. The molecule has 2 aromatic rings. The highest BCUT2D eigenvalue weighted by Crippen LogP contribution is 2.26. The Balaban J connectivity index is 1.17. The molecule has 2 N–H and O–H groups in total. The van der Waals surface area contributed by atoms with Gasteiger partial charge in [0.05, 0.1) is 51.1 Å². The van der Waals surface area contributed by atoms with Crippen molar-refractivity contribution in [2.24, 2.45) is 11.8 Å². The fourth-order valence-corrected chi connectivity index (χ4v) is 6.14. The van der Waals surface area contributed by atoms with Crippen molar-refractivity contribution in [1.29, 1.82) is 0 Å². The van der Waals surface area contributed by atoms with E-state index in [-0.39, 0.29) is 36.7 Å². The van der Waals surface area contributed by atoms with E-state index in [0.717, 1.165) is 38.5 Å². The number of rotatable bonds is 12. The maximum Gasteiger partial charge on any atom is 0.228 e. The molecule has 4 rings (SSSR count). The van der Waals surface area contributed by atoms with E-state index in [1.807, 2.05) is 60.7 Å². The average molecular weight is 537 g/mol. The van der Waals surface area contributed by atoms with E-state index in [4.69, 9.17) is 0 Å². The van der Waals surface area contributed by atoms with Gasteiger partial charge in [-0.25, -0.2) is 0 Å². The second-order valence-electron chi connectivity index (χ2n) is 11.5. The molecule has 2 amide bonds. The first kappa shape index (κ1) is 29.2. The highest BCUT2D eigenvalue weighted by atomic mass is 16.6. The molecular weight excluding hydrogens is 492 g/mol. The van der Waals surface area contributed by atoms with Crippen LogP contribution >= 0.6 is 0 Å². The third-order valence-corrected chi connectivity index (χ3v) is 8.33. The van der Waals surface area contributed by atoms with E-state index in [9.17, 15) is 20.0 Å². The first-order valence-corrected chi connectivity index (χ1v) is 14.6. The maximum absolute atomic E-state index is 13.5. The van der Waals surface area contributed by atoms with E-state index in [2.05, 4.69) is 10.6 Å². The van der Waals surface area contributed by atoms with Crippen LogP contribution in [0, 0.1) is 22.3 Å². The van der Waals surface area contributed by atoms with E-state index < -0.39 is 9.29 Å². The van der Waals surface area contributed by atoms with Crippen LogP contribution < -0.4 is 10.6 Å². The summed E-state index contributed by atoms with van der Waals surface area (Å²) in [5.74, 6) is -0.621. The van der Waals surface area contributed by atoms with Gasteiger partial charge < -0.3 is 30.3 Å². The Bertz CT molecular complexity index is 970. The molecule has 8 nitrogen and oxygen atoms in total. The first-order valence-electron chi connectivity index (χ1n) is 14.6. The molecule has 4 atom stereocenters. The molecule has 212 valence electrons.